The summed E-state index contributed by atoms with van der Waals surface area (Å²) in [7, 11) is 0. The molecule has 0 atom stereocenters. The molecule has 0 aromatic carbocycles. The van der Waals surface area contributed by atoms with Crippen LogP contribution in [0, 0.1) is 19.3 Å². The molecule has 0 amide bonds. The van der Waals surface area contributed by atoms with E-state index in [0.29, 0.717) is 11.0 Å². The zero-order chi connectivity index (χ0) is 13.2. The highest BCUT2D eigenvalue weighted by Crippen LogP contribution is 2.30. The van der Waals surface area contributed by atoms with Crippen molar-refractivity contribution >= 4 is 17.4 Å². The predicted molar refractivity (Wildman–Crippen MR) is 73.2 cm³/mol. The first-order valence-electron chi connectivity index (χ1n) is 6.32. The molecule has 1 fully saturated rings. The van der Waals surface area contributed by atoms with Crippen LogP contribution in [0.2, 0.25) is 5.15 Å². The summed E-state index contributed by atoms with van der Waals surface area (Å²) in [5.74, 6) is 0.687. The van der Waals surface area contributed by atoms with Gasteiger partial charge in [0.25, 0.3) is 0 Å². The van der Waals surface area contributed by atoms with E-state index < -0.39 is 0 Å². The normalized spacial score (nSPS) is 18.7. The third-order valence-electron chi connectivity index (χ3n) is 3.65. The lowest BCUT2D eigenvalue weighted by Crippen LogP contribution is -2.33. The van der Waals surface area contributed by atoms with Gasteiger partial charge in [0.1, 0.15) is 0 Å². The van der Waals surface area contributed by atoms with Crippen molar-refractivity contribution in [1.29, 1.82) is 0 Å². The van der Waals surface area contributed by atoms with Gasteiger partial charge in [0.05, 0.1) is 11.4 Å². The Morgan fingerprint density at radius 2 is 1.83 bits per heavy atom. The summed E-state index contributed by atoms with van der Waals surface area (Å²) in [6.07, 6.45) is 2.13. The second-order valence-electron chi connectivity index (χ2n) is 5.31. The minimum Gasteiger partial charge on any atom is -0.381 e. The van der Waals surface area contributed by atoms with Gasteiger partial charge in [-0.2, -0.15) is 0 Å². The van der Waals surface area contributed by atoms with Crippen LogP contribution in [-0.4, -0.2) is 29.7 Å². The molecule has 1 aliphatic heterocycles. The maximum atomic E-state index is 6.10. The van der Waals surface area contributed by atoms with Gasteiger partial charge in [-0.15, -0.1) is 0 Å². The lowest BCUT2D eigenvalue weighted by molar-refractivity contribution is 0.0300. The van der Waals surface area contributed by atoms with E-state index in [1.807, 2.05) is 13.8 Å². The molecule has 5 heteroatoms. The van der Waals surface area contributed by atoms with Crippen molar-refractivity contribution in [3.8, 4) is 0 Å². The Labute approximate surface area is 113 Å². The Bertz CT molecular complexity index is 430. The van der Waals surface area contributed by atoms with E-state index in [-0.39, 0.29) is 5.41 Å². The number of aryl methyl sites for hydroxylation is 2. The molecule has 100 valence electrons. The molecule has 1 N–H and O–H groups in total. The molecule has 0 saturated carbocycles. The average Bonchev–Trinajstić information content (AvgIpc) is 2.33. The summed E-state index contributed by atoms with van der Waals surface area (Å²) in [5, 5.41) is 3.78. The van der Waals surface area contributed by atoms with Crippen molar-refractivity contribution < 1.29 is 4.74 Å². The van der Waals surface area contributed by atoms with E-state index in [2.05, 4.69) is 22.2 Å². The van der Waals surface area contributed by atoms with Gasteiger partial charge in [0.2, 0.25) is 0 Å². The van der Waals surface area contributed by atoms with E-state index in [9.17, 15) is 0 Å². The molecular weight excluding hydrogens is 250 g/mol. The fourth-order valence-corrected chi connectivity index (χ4v) is 2.26. The van der Waals surface area contributed by atoms with Crippen molar-refractivity contribution in [3.63, 3.8) is 0 Å². The zero-order valence-corrected chi connectivity index (χ0v) is 12.0. The molecule has 1 aromatic heterocycles. The van der Waals surface area contributed by atoms with Crippen molar-refractivity contribution in [1.82, 2.24) is 9.97 Å². The number of nitrogens with one attached hydrogen (secondary N) is 1. The van der Waals surface area contributed by atoms with E-state index >= 15 is 0 Å². The molecule has 0 unspecified atom stereocenters. The SMILES string of the molecule is Cc1nc(Cl)c(NCC2(C)CCOCC2)nc1C. The third kappa shape index (κ3) is 3.12. The van der Waals surface area contributed by atoms with Crippen molar-refractivity contribution in [2.75, 3.05) is 25.1 Å². The molecule has 0 spiro atoms. The maximum Gasteiger partial charge on any atom is 0.171 e. The molecule has 18 heavy (non-hydrogen) atoms. The Balaban J connectivity index is 2.03. The Hall–Kier alpha value is -0.870. The molecule has 0 bridgehead atoms. The van der Waals surface area contributed by atoms with Gasteiger partial charge in [0, 0.05) is 19.8 Å². The van der Waals surface area contributed by atoms with Crippen LogP contribution in [0.5, 0.6) is 0 Å². The highest BCUT2D eigenvalue weighted by Gasteiger charge is 2.27. The Morgan fingerprint density at radius 1 is 1.22 bits per heavy atom. The van der Waals surface area contributed by atoms with Crippen molar-refractivity contribution in [3.05, 3.63) is 16.5 Å². The number of rotatable bonds is 3. The molecule has 0 aliphatic carbocycles. The summed E-state index contributed by atoms with van der Waals surface area (Å²) in [6.45, 7) is 8.66. The van der Waals surface area contributed by atoms with Crippen LogP contribution in [0.4, 0.5) is 5.82 Å². The summed E-state index contributed by atoms with van der Waals surface area (Å²) in [4.78, 5) is 8.73. The number of anilines is 1. The molecule has 2 rings (SSSR count). The number of hydrogen-bond acceptors (Lipinski definition) is 4. The summed E-state index contributed by atoms with van der Waals surface area (Å²) in [6, 6.07) is 0. The van der Waals surface area contributed by atoms with Crippen LogP contribution in [0.15, 0.2) is 0 Å². The fraction of sp³-hybridized carbons (Fsp3) is 0.692. The van der Waals surface area contributed by atoms with Crippen LogP contribution in [0.1, 0.15) is 31.2 Å². The molecule has 4 nitrogen and oxygen atoms in total. The van der Waals surface area contributed by atoms with Gasteiger partial charge in [-0.25, -0.2) is 9.97 Å². The maximum absolute atomic E-state index is 6.10. The lowest BCUT2D eigenvalue weighted by Gasteiger charge is -2.33. The van der Waals surface area contributed by atoms with Gasteiger partial charge >= 0.3 is 0 Å². The summed E-state index contributed by atoms with van der Waals surface area (Å²) >= 11 is 6.10. The number of hydrogen-bond donors (Lipinski definition) is 1. The first kappa shape index (κ1) is 13.6. The van der Waals surface area contributed by atoms with Crippen LogP contribution < -0.4 is 5.32 Å². The molecule has 0 radical (unpaired) electrons. The highest BCUT2D eigenvalue weighted by molar-refractivity contribution is 6.31. The average molecular weight is 270 g/mol. The summed E-state index contributed by atoms with van der Waals surface area (Å²) in [5.41, 5.74) is 2.05. The molecule has 1 saturated heterocycles. The number of aromatic nitrogens is 2. The van der Waals surface area contributed by atoms with Crippen LogP contribution >= 0.6 is 11.6 Å². The minimum absolute atomic E-state index is 0.252. The molecule has 1 aromatic rings. The van der Waals surface area contributed by atoms with Crippen LogP contribution in [0.3, 0.4) is 0 Å². The quantitative estimate of drug-likeness (QED) is 0.916. The summed E-state index contributed by atoms with van der Waals surface area (Å²) < 4.78 is 5.39. The second kappa shape index (κ2) is 5.41. The van der Waals surface area contributed by atoms with Gasteiger partial charge in [0.15, 0.2) is 11.0 Å². The van der Waals surface area contributed by atoms with Gasteiger partial charge in [-0.1, -0.05) is 18.5 Å². The smallest absolute Gasteiger partial charge is 0.171 e. The van der Waals surface area contributed by atoms with E-state index in [4.69, 9.17) is 16.3 Å². The van der Waals surface area contributed by atoms with Crippen molar-refractivity contribution in [2.45, 2.75) is 33.6 Å². The van der Waals surface area contributed by atoms with Crippen molar-refractivity contribution in [2.24, 2.45) is 5.41 Å². The first-order valence-corrected chi connectivity index (χ1v) is 6.70. The number of halogens is 1. The third-order valence-corrected chi connectivity index (χ3v) is 3.91. The monoisotopic (exact) mass is 269 g/mol. The fourth-order valence-electron chi connectivity index (χ4n) is 2.03. The molecular formula is C13H20ClN3O. The van der Waals surface area contributed by atoms with E-state index in [0.717, 1.165) is 44.0 Å². The number of ether oxygens (including phenoxy) is 1. The van der Waals surface area contributed by atoms with Gasteiger partial charge in [-0.3, -0.25) is 0 Å². The standard InChI is InChI=1S/C13H20ClN3O/c1-9-10(2)17-12(11(14)16-9)15-8-13(3)4-6-18-7-5-13/h4-8H2,1-3H3,(H,15,17). The zero-order valence-electron chi connectivity index (χ0n) is 11.2. The minimum atomic E-state index is 0.252. The topological polar surface area (TPSA) is 47.0 Å². The lowest BCUT2D eigenvalue weighted by atomic mass is 9.82. The van der Waals surface area contributed by atoms with E-state index in [1.54, 1.807) is 0 Å². The van der Waals surface area contributed by atoms with E-state index in [1.165, 1.54) is 0 Å². The Morgan fingerprint density at radius 3 is 2.50 bits per heavy atom. The predicted octanol–water partition coefficient (Wildman–Crippen LogP) is 2.98. The molecule has 1 aliphatic rings. The number of nitrogens with zero attached hydrogens (tertiary/aromatic N) is 2. The van der Waals surface area contributed by atoms with Gasteiger partial charge < -0.3 is 10.1 Å². The first-order chi connectivity index (χ1) is 8.50. The van der Waals surface area contributed by atoms with Gasteiger partial charge in [-0.05, 0) is 32.1 Å². The highest BCUT2D eigenvalue weighted by atomic mass is 35.5. The largest absolute Gasteiger partial charge is 0.381 e. The Kier molecular flexibility index (Phi) is 4.07. The van der Waals surface area contributed by atoms with Crippen LogP contribution in [-0.2, 0) is 4.74 Å². The van der Waals surface area contributed by atoms with Crippen LogP contribution in [0.25, 0.3) is 0 Å². The second-order valence-corrected chi connectivity index (χ2v) is 5.67. The molecule has 2 heterocycles.